The number of carboxylic acids is 1. The standard InChI is InChI=1S/C18H17NO7S/c1-24-14-10-16(26-3)15(25-2)8-11(14)9-17(18(20)21)27-13-6-4-12(5-7-13)19(22)23/h4-10H,1-3H3,(H,20,21)/b17-9+. The van der Waals surface area contributed by atoms with E-state index in [-0.39, 0.29) is 10.6 Å². The topological polar surface area (TPSA) is 108 Å². The average molecular weight is 391 g/mol. The minimum absolute atomic E-state index is 0.00868. The second-order valence-corrected chi connectivity index (χ2v) is 6.23. The second kappa shape index (κ2) is 8.95. The van der Waals surface area contributed by atoms with E-state index in [4.69, 9.17) is 14.2 Å². The lowest BCUT2D eigenvalue weighted by atomic mass is 10.1. The molecule has 8 nitrogen and oxygen atoms in total. The Kier molecular flexibility index (Phi) is 6.67. The molecule has 0 aromatic heterocycles. The van der Waals surface area contributed by atoms with Crippen LogP contribution in [0.1, 0.15) is 5.56 Å². The van der Waals surface area contributed by atoms with Crippen LogP contribution in [0.15, 0.2) is 46.2 Å². The normalized spacial score (nSPS) is 11.0. The molecule has 0 bridgehead atoms. The summed E-state index contributed by atoms with van der Waals surface area (Å²) in [6, 6.07) is 8.83. The highest BCUT2D eigenvalue weighted by molar-refractivity contribution is 8.04. The van der Waals surface area contributed by atoms with Crippen molar-refractivity contribution in [2.24, 2.45) is 0 Å². The molecule has 2 aromatic carbocycles. The molecule has 2 rings (SSSR count). The number of non-ortho nitro benzene ring substituents is 1. The number of ether oxygens (including phenoxy) is 3. The van der Waals surface area contributed by atoms with Gasteiger partial charge in [-0.3, -0.25) is 10.1 Å². The van der Waals surface area contributed by atoms with Crippen LogP contribution < -0.4 is 14.2 Å². The number of carbonyl (C=O) groups is 1. The van der Waals surface area contributed by atoms with Gasteiger partial charge < -0.3 is 19.3 Å². The number of nitrogens with zero attached hydrogens (tertiary/aromatic N) is 1. The SMILES string of the molecule is COc1cc(OC)c(OC)cc1/C=C(/Sc1ccc([N+](=O)[O-])cc1)C(=O)O. The fourth-order valence-corrected chi connectivity index (χ4v) is 3.00. The minimum Gasteiger partial charge on any atom is -0.496 e. The van der Waals surface area contributed by atoms with Gasteiger partial charge in [0.15, 0.2) is 11.5 Å². The molecule has 0 fully saturated rings. The van der Waals surface area contributed by atoms with Gasteiger partial charge in [0.2, 0.25) is 0 Å². The predicted molar refractivity (Wildman–Crippen MR) is 101 cm³/mol. The van der Waals surface area contributed by atoms with Crippen molar-refractivity contribution < 1.29 is 29.0 Å². The van der Waals surface area contributed by atoms with Crippen molar-refractivity contribution in [2.45, 2.75) is 4.90 Å². The minimum atomic E-state index is -1.14. The number of benzene rings is 2. The lowest BCUT2D eigenvalue weighted by molar-refractivity contribution is -0.384. The van der Waals surface area contributed by atoms with Crippen molar-refractivity contribution in [3.8, 4) is 17.2 Å². The molecular formula is C18H17NO7S. The van der Waals surface area contributed by atoms with E-state index in [0.717, 1.165) is 11.8 Å². The number of nitro groups is 1. The molecule has 0 heterocycles. The van der Waals surface area contributed by atoms with Gasteiger partial charge in [-0.15, -0.1) is 0 Å². The van der Waals surface area contributed by atoms with Gasteiger partial charge in [-0.2, -0.15) is 0 Å². The molecule has 0 spiro atoms. The molecule has 0 aliphatic rings. The van der Waals surface area contributed by atoms with Gasteiger partial charge in [-0.25, -0.2) is 4.79 Å². The van der Waals surface area contributed by atoms with Crippen molar-refractivity contribution in [1.82, 2.24) is 0 Å². The molecule has 0 aliphatic carbocycles. The molecule has 0 saturated heterocycles. The third kappa shape index (κ3) is 4.91. The summed E-state index contributed by atoms with van der Waals surface area (Å²) in [5.74, 6) is 0.145. The van der Waals surface area contributed by atoms with E-state index in [9.17, 15) is 20.0 Å². The summed E-state index contributed by atoms with van der Waals surface area (Å²) < 4.78 is 15.8. The van der Waals surface area contributed by atoms with Crippen LogP contribution in [0, 0.1) is 10.1 Å². The third-order valence-corrected chi connectivity index (χ3v) is 4.53. The quantitative estimate of drug-likeness (QED) is 0.313. The largest absolute Gasteiger partial charge is 0.496 e. The van der Waals surface area contributed by atoms with Crippen LogP contribution in [-0.4, -0.2) is 37.3 Å². The Morgan fingerprint density at radius 1 is 1.04 bits per heavy atom. The molecule has 2 aromatic rings. The molecule has 0 unspecified atom stereocenters. The van der Waals surface area contributed by atoms with Crippen molar-refractivity contribution in [3.05, 3.63) is 57.0 Å². The number of carboxylic acid groups (broad SMARTS) is 1. The number of hydrogen-bond donors (Lipinski definition) is 1. The molecule has 0 atom stereocenters. The van der Waals surface area contributed by atoms with E-state index in [0.29, 0.717) is 27.7 Å². The molecule has 0 saturated carbocycles. The van der Waals surface area contributed by atoms with Gasteiger partial charge in [0.05, 0.1) is 31.2 Å². The molecule has 0 aliphatic heterocycles. The van der Waals surface area contributed by atoms with Crippen molar-refractivity contribution >= 4 is 29.5 Å². The van der Waals surface area contributed by atoms with Crippen LogP contribution in [0.25, 0.3) is 6.08 Å². The number of nitro benzene ring substituents is 1. The predicted octanol–water partition coefficient (Wildman–Crippen LogP) is 3.84. The second-order valence-electron chi connectivity index (χ2n) is 5.12. The summed E-state index contributed by atoms with van der Waals surface area (Å²) >= 11 is 0.966. The monoisotopic (exact) mass is 391 g/mol. The Labute approximate surface area is 159 Å². The summed E-state index contributed by atoms with van der Waals surface area (Å²) in [4.78, 5) is 22.4. The Balaban J connectivity index is 2.42. The molecule has 0 amide bonds. The number of aliphatic carboxylic acids is 1. The van der Waals surface area contributed by atoms with Gasteiger partial charge in [0.25, 0.3) is 5.69 Å². The van der Waals surface area contributed by atoms with E-state index in [1.807, 2.05) is 0 Å². The first-order valence-electron chi connectivity index (χ1n) is 7.57. The molecular weight excluding hydrogens is 374 g/mol. The Morgan fingerprint density at radius 2 is 1.59 bits per heavy atom. The van der Waals surface area contributed by atoms with Gasteiger partial charge in [-0.1, -0.05) is 11.8 Å². The van der Waals surface area contributed by atoms with E-state index in [2.05, 4.69) is 0 Å². The zero-order valence-electron chi connectivity index (χ0n) is 14.8. The summed E-state index contributed by atoms with van der Waals surface area (Å²) in [7, 11) is 4.42. The zero-order valence-corrected chi connectivity index (χ0v) is 15.6. The highest BCUT2D eigenvalue weighted by Crippen LogP contribution is 2.37. The van der Waals surface area contributed by atoms with E-state index < -0.39 is 10.9 Å². The number of methoxy groups -OCH3 is 3. The Hall–Kier alpha value is -3.20. The number of thioether (sulfide) groups is 1. The van der Waals surface area contributed by atoms with Crippen LogP contribution in [0.5, 0.6) is 17.2 Å². The van der Waals surface area contributed by atoms with Gasteiger partial charge in [0, 0.05) is 28.7 Å². The van der Waals surface area contributed by atoms with E-state index in [1.165, 1.54) is 51.7 Å². The van der Waals surface area contributed by atoms with Crippen molar-refractivity contribution in [2.75, 3.05) is 21.3 Å². The maximum absolute atomic E-state index is 11.7. The fourth-order valence-electron chi connectivity index (χ4n) is 2.20. The van der Waals surface area contributed by atoms with E-state index in [1.54, 1.807) is 12.1 Å². The van der Waals surface area contributed by atoms with Crippen molar-refractivity contribution in [1.29, 1.82) is 0 Å². The van der Waals surface area contributed by atoms with Gasteiger partial charge in [-0.05, 0) is 24.3 Å². The zero-order chi connectivity index (χ0) is 20.0. The molecule has 142 valence electrons. The summed E-state index contributed by atoms with van der Waals surface area (Å²) in [6.07, 6.45) is 1.44. The molecule has 0 radical (unpaired) electrons. The van der Waals surface area contributed by atoms with Gasteiger partial charge in [0.1, 0.15) is 5.75 Å². The van der Waals surface area contributed by atoms with Crippen LogP contribution in [0.2, 0.25) is 0 Å². The summed E-state index contributed by atoms with van der Waals surface area (Å²) in [6.45, 7) is 0. The fraction of sp³-hybridized carbons (Fsp3) is 0.167. The number of rotatable bonds is 8. The van der Waals surface area contributed by atoms with Gasteiger partial charge >= 0.3 is 5.97 Å². The maximum atomic E-state index is 11.7. The Morgan fingerprint density at radius 3 is 2.07 bits per heavy atom. The smallest absolute Gasteiger partial charge is 0.342 e. The number of hydrogen-bond acceptors (Lipinski definition) is 7. The average Bonchev–Trinajstić information content (AvgIpc) is 2.67. The summed E-state index contributed by atoms with van der Waals surface area (Å²) in [5.41, 5.74) is 0.420. The van der Waals surface area contributed by atoms with Crippen LogP contribution in [0.4, 0.5) is 5.69 Å². The molecule has 9 heteroatoms. The maximum Gasteiger partial charge on any atom is 0.342 e. The first kappa shape index (κ1) is 20.1. The van der Waals surface area contributed by atoms with Crippen LogP contribution in [0.3, 0.4) is 0 Å². The highest BCUT2D eigenvalue weighted by atomic mass is 32.2. The van der Waals surface area contributed by atoms with Crippen molar-refractivity contribution in [3.63, 3.8) is 0 Å². The van der Waals surface area contributed by atoms with Crippen LogP contribution >= 0.6 is 11.8 Å². The first-order valence-corrected chi connectivity index (χ1v) is 8.38. The Bertz CT molecular complexity index is 878. The molecule has 27 heavy (non-hydrogen) atoms. The first-order chi connectivity index (χ1) is 12.9. The summed E-state index contributed by atoms with van der Waals surface area (Å²) in [5, 5.41) is 20.3. The molecule has 1 N–H and O–H groups in total. The lowest BCUT2D eigenvalue weighted by Gasteiger charge is -2.13. The third-order valence-electron chi connectivity index (χ3n) is 3.51. The highest BCUT2D eigenvalue weighted by Gasteiger charge is 2.15. The van der Waals surface area contributed by atoms with E-state index >= 15 is 0 Å². The lowest BCUT2D eigenvalue weighted by Crippen LogP contribution is -1.99. The van der Waals surface area contributed by atoms with Crippen LogP contribution in [-0.2, 0) is 4.79 Å².